The Bertz CT molecular complexity index is 991. The number of rotatable bonds is 7. The monoisotopic (exact) mass is 423 g/mol. The minimum atomic E-state index is -2.96. The average molecular weight is 424 g/mol. The molecule has 3 rings (SSSR count). The Morgan fingerprint density at radius 3 is 2.76 bits per heavy atom. The van der Waals surface area contributed by atoms with Crippen molar-refractivity contribution in [2.45, 2.75) is 13.5 Å². The number of aliphatic imine (C=N–C) groups is 1. The van der Waals surface area contributed by atoms with E-state index in [4.69, 9.17) is 25.8 Å². The third-order valence-electron chi connectivity index (χ3n) is 3.77. The summed E-state index contributed by atoms with van der Waals surface area (Å²) in [4.78, 5) is 16.3. The zero-order valence-electron chi connectivity index (χ0n) is 15.4. The second-order valence-corrected chi connectivity index (χ2v) is 6.12. The molecule has 6 nitrogen and oxygen atoms in total. The molecule has 152 valence electrons. The number of carbonyl (C=O) groups excluding carboxylic acids is 1. The van der Waals surface area contributed by atoms with E-state index in [2.05, 4.69) is 9.73 Å². The Hall–Kier alpha value is -3.13. The fraction of sp³-hybridized carbons (Fsp3) is 0.200. The van der Waals surface area contributed by atoms with E-state index in [1.54, 1.807) is 18.2 Å². The van der Waals surface area contributed by atoms with E-state index in [1.807, 2.05) is 6.92 Å². The highest BCUT2D eigenvalue weighted by Gasteiger charge is 2.25. The molecule has 0 N–H and O–H groups in total. The van der Waals surface area contributed by atoms with E-state index in [-0.39, 0.29) is 17.3 Å². The predicted molar refractivity (Wildman–Crippen MR) is 103 cm³/mol. The van der Waals surface area contributed by atoms with Crippen molar-refractivity contribution in [1.82, 2.24) is 0 Å². The average Bonchev–Trinajstić information content (AvgIpc) is 3.04. The van der Waals surface area contributed by atoms with Gasteiger partial charge in [-0.25, -0.2) is 9.79 Å². The summed E-state index contributed by atoms with van der Waals surface area (Å²) < 4.78 is 45.0. The Morgan fingerprint density at radius 1 is 1.28 bits per heavy atom. The summed E-state index contributed by atoms with van der Waals surface area (Å²) in [6.07, 6.45) is 1.47. The van der Waals surface area contributed by atoms with Gasteiger partial charge in [0, 0.05) is 5.56 Å². The molecule has 0 spiro atoms. The summed E-state index contributed by atoms with van der Waals surface area (Å²) in [5, 5.41) is 0.311. The number of halogens is 3. The molecule has 1 aliphatic rings. The molecule has 0 aliphatic carbocycles. The predicted octanol–water partition coefficient (Wildman–Crippen LogP) is 4.69. The zero-order chi connectivity index (χ0) is 21.0. The third-order valence-corrected chi connectivity index (χ3v) is 4.05. The summed E-state index contributed by atoms with van der Waals surface area (Å²) in [7, 11) is 1.47. The Balaban J connectivity index is 1.92. The molecule has 2 aromatic rings. The highest BCUT2D eigenvalue weighted by molar-refractivity contribution is 6.32. The summed E-state index contributed by atoms with van der Waals surface area (Å²) in [6, 6.07) is 8.95. The topological polar surface area (TPSA) is 66.3 Å². The number of ether oxygens (including phenoxy) is 4. The van der Waals surface area contributed by atoms with Crippen molar-refractivity contribution in [3.63, 3.8) is 0 Å². The molecule has 0 saturated heterocycles. The van der Waals surface area contributed by atoms with Gasteiger partial charge in [0.25, 0.3) is 0 Å². The van der Waals surface area contributed by atoms with Crippen LogP contribution >= 0.6 is 11.6 Å². The quantitative estimate of drug-likeness (QED) is 0.477. The molecule has 0 aromatic heterocycles. The van der Waals surface area contributed by atoms with Crippen molar-refractivity contribution < 1.29 is 32.5 Å². The van der Waals surface area contributed by atoms with Crippen molar-refractivity contribution in [3.05, 3.63) is 58.2 Å². The van der Waals surface area contributed by atoms with Gasteiger partial charge < -0.3 is 18.9 Å². The van der Waals surface area contributed by atoms with Crippen LogP contribution in [-0.4, -0.2) is 32.2 Å². The molecule has 0 fully saturated rings. The number of nitrogens with zero attached hydrogens (tertiary/aromatic N) is 1. The summed E-state index contributed by atoms with van der Waals surface area (Å²) in [5.74, 6) is 0.0114. The summed E-state index contributed by atoms with van der Waals surface area (Å²) in [5.41, 5.74) is 0.881. The van der Waals surface area contributed by atoms with Crippen LogP contribution in [0.15, 0.2) is 47.1 Å². The summed E-state index contributed by atoms with van der Waals surface area (Å²) in [6.45, 7) is -0.740. The van der Waals surface area contributed by atoms with Gasteiger partial charge in [0.15, 0.2) is 17.2 Å². The van der Waals surface area contributed by atoms with Crippen molar-refractivity contribution in [2.75, 3.05) is 13.7 Å². The first kappa shape index (κ1) is 20.6. The Morgan fingerprint density at radius 2 is 2.07 bits per heavy atom. The molecule has 0 saturated carbocycles. The molecule has 0 amide bonds. The minimum Gasteiger partial charge on any atom is -0.493 e. The third kappa shape index (κ3) is 4.83. The normalized spacial score (nSPS) is 14.8. The number of methoxy groups -OCH3 is 1. The molecule has 0 atom stereocenters. The molecule has 1 heterocycles. The molecule has 2 aromatic carbocycles. The fourth-order valence-corrected chi connectivity index (χ4v) is 2.88. The van der Waals surface area contributed by atoms with Gasteiger partial charge in [0.05, 0.1) is 18.7 Å². The Labute approximate surface area is 170 Å². The van der Waals surface area contributed by atoms with Gasteiger partial charge in [-0.15, -0.1) is 0 Å². The molecule has 0 radical (unpaired) electrons. The van der Waals surface area contributed by atoms with Crippen LogP contribution in [0.25, 0.3) is 6.08 Å². The van der Waals surface area contributed by atoms with Crippen molar-refractivity contribution in [3.8, 4) is 17.2 Å². The fourth-order valence-electron chi connectivity index (χ4n) is 2.60. The lowest BCUT2D eigenvalue weighted by Crippen LogP contribution is -2.07. The van der Waals surface area contributed by atoms with Crippen molar-refractivity contribution in [2.24, 2.45) is 4.99 Å². The van der Waals surface area contributed by atoms with E-state index >= 15 is 0 Å². The van der Waals surface area contributed by atoms with Gasteiger partial charge in [-0.1, -0.05) is 17.7 Å². The maximum absolute atomic E-state index is 12.4. The van der Waals surface area contributed by atoms with E-state index < -0.39 is 12.6 Å². The number of esters is 1. The smallest absolute Gasteiger partial charge is 0.387 e. The van der Waals surface area contributed by atoms with Gasteiger partial charge in [0.1, 0.15) is 5.75 Å². The lowest BCUT2D eigenvalue weighted by Gasteiger charge is -2.11. The second-order valence-electron chi connectivity index (χ2n) is 5.71. The van der Waals surface area contributed by atoms with E-state index in [9.17, 15) is 13.6 Å². The maximum atomic E-state index is 12.4. The van der Waals surface area contributed by atoms with Gasteiger partial charge >= 0.3 is 12.6 Å². The SMILES string of the molecule is CCOc1c(Cl)cc(/C=C2\N=C(c3cccc(OC(F)F)c3)OC2=O)cc1OC. The second kappa shape index (κ2) is 8.91. The van der Waals surface area contributed by atoms with Crippen LogP contribution in [0.3, 0.4) is 0 Å². The van der Waals surface area contributed by atoms with Crippen LogP contribution in [0, 0.1) is 0 Å². The first-order valence-electron chi connectivity index (χ1n) is 8.49. The lowest BCUT2D eigenvalue weighted by atomic mass is 10.1. The van der Waals surface area contributed by atoms with Gasteiger partial charge in [0.2, 0.25) is 5.90 Å². The van der Waals surface area contributed by atoms with Crippen molar-refractivity contribution >= 4 is 29.5 Å². The highest BCUT2D eigenvalue weighted by atomic mass is 35.5. The van der Waals surface area contributed by atoms with Crippen LogP contribution in [0.4, 0.5) is 8.78 Å². The van der Waals surface area contributed by atoms with Gasteiger partial charge in [-0.2, -0.15) is 8.78 Å². The molecule has 29 heavy (non-hydrogen) atoms. The standard InChI is InChI=1S/C20H16ClF2NO5/c1-3-27-17-14(21)7-11(9-16(17)26-2)8-15-19(25)29-18(24-15)12-5-4-6-13(10-12)28-20(22)23/h4-10,20H,3H2,1-2H3/b15-8-. The minimum absolute atomic E-state index is 0.0162. The highest BCUT2D eigenvalue weighted by Crippen LogP contribution is 2.37. The number of hydrogen-bond donors (Lipinski definition) is 0. The van der Waals surface area contributed by atoms with Gasteiger partial charge in [-0.05, 0) is 48.9 Å². The molecule has 9 heteroatoms. The number of carbonyl (C=O) groups is 1. The molecule has 1 aliphatic heterocycles. The largest absolute Gasteiger partial charge is 0.493 e. The van der Waals surface area contributed by atoms with Crippen LogP contribution in [0.1, 0.15) is 18.1 Å². The van der Waals surface area contributed by atoms with E-state index in [0.29, 0.717) is 34.3 Å². The number of benzene rings is 2. The van der Waals surface area contributed by atoms with Gasteiger partial charge in [-0.3, -0.25) is 0 Å². The van der Waals surface area contributed by atoms with Crippen LogP contribution < -0.4 is 14.2 Å². The molecule has 0 bridgehead atoms. The first-order chi connectivity index (χ1) is 13.9. The number of cyclic esters (lactones) is 1. The van der Waals surface area contributed by atoms with Crippen molar-refractivity contribution in [1.29, 1.82) is 0 Å². The molecular weight excluding hydrogens is 408 g/mol. The molecular formula is C20H16ClF2NO5. The number of alkyl halides is 2. The lowest BCUT2D eigenvalue weighted by molar-refractivity contribution is -0.129. The van der Waals surface area contributed by atoms with Crippen LogP contribution in [0.5, 0.6) is 17.2 Å². The maximum Gasteiger partial charge on any atom is 0.387 e. The van der Waals surface area contributed by atoms with Crippen LogP contribution in [0.2, 0.25) is 5.02 Å². The zero-order valence-corrected chi connectivity index (χ0v) is 16.2. The van der Waals surface area contributed by atoms with Crippen LogP contribution in [-0.2, 0) is 9.53 Å². The first-order valence-corrected chi connectivity index (χ1v) is 8.87. The number of hydrogen-bond acceptors (Lipinski definition) is 6. The summed E-state index contributed by atoms with van der Waals surface area (Å²) >= 11 is 6.24. The van der Waals surface area contributed by atoms with E-state index in [1.165, 1.54) is 31.4 Å². The van der Waals surface area contributed by atoms with E-state index in [0.717, 1.165) is 0 Å². The molecule has 0 unspecified atom stereocenters. The Kier molecular flexibility index (Phi) is 6.33.